The van der Waals surface area contributed by atoms with Gasteiger partial charge in [0.15, 0.2) is 0 Å². The molecule has 1 aliphatic carbocycles. The first-order chi connectivity index (χ1) is 5.25. The molecule has 58 valence electrons. The highest BCUT2D eigenvalue weighted by Crippen LogP contribution is 2.49. The highest BCUT2D eigenvalue weighted by molar-refractivity contribution is 5.04. The minimum Gasteiger partial charge on any atom is -0.198 e. The van der Waals surface area contributed by atoms with Gasteiger partial charge in [0.2, 0.25) is 0 Å². The van der Waals surface area contributed by atoms with Crippen LogP contribution < -0.4 is 0 Å². The Bertz CT molecular complexity index is 215. The van der Waals surface area contributed by atoms with Gasteiger partial charge in [-0.1, -0.05) is 6.42 Å². The first-order valence-corrected chi connectivity index (χ1v) is 4.02. The molecule has 2 heteroatoms. The lowest BCUT2D eigenvalue weighted by molar-refractivity contribution is 0.0937. The van der Waals surface area contributed by atoms with E-state index in [1.54, 1.807) is 0 Å². The minimum atomic E-state index is 0.0518. The lowest BCUT2D eigenvalue weighted by atomic mass is 9.60. The molecule has 0 saturated heterocycles. The molecular formula is C9H12N2. The molecule has 0 amide bonds. The monoisotopic (exact) mass is 148 g/mol. The molecule has 0 aliphatic heterocycles. The van der Waals surface area contributed by atoms with Crippen LogP contribution in [0, 0.1) is 34.0 Å². The third kappa shape index (κ3) is 1.21. The van der Waals surface area contributed by atoms with Crippen molar-refractivity contribution in [1.29, 1.82) is 10.5 Å². The number of nitriles is 2. The number of hydrogen-bond acceptors (Lipinski definition) is 2. The predicted molar refractivity (Wildman–Crippen MR) is 41.3 cm³/mol. The van der Waals surface area contributed by atoms with Crippen LogP contribution in [0.4, 0.5) is 0 Å². The molecule has 0 radical (unpaired) electrons. The van der Waals surface area contributed by atoms with Crippen molar-refractivity contribution in [3.05, 3.63) is 0 Å². The van der Waals surface area contributed by atoms with Gasteiger partial charge in [-0.15, -0.1) is 0 Å². The van der Waals surface area contributed by atoms with Gasteiger partial charge in [0.25, 0.3) is 0 Å². The van der Waals surface area contributed by atoms with Crippen molar-refractivity contribution in [1.82, 2.24) is 0 Å². The van der Waals surface area contributed by atoms with E-state index in [-0.39, 0.29) is 11.3 Å². The Morgan fingerprint density at radius 3 is 2.36 bits per heavy atom. The van der Waals surface area contributed by atoms with Crippen LogP contribution in [0.25, 0.3) is 0 Å². The van der Waals surface area contributed by atoms with E-state index >= 15 is 0 Å². The molecule has 0 aromatic rings. The van der Waals surface area contributed by atoms with E-state index in [1.165, 1.54) is 6.42 Å². The van der Waals surface area contributed by atoms with Crippen LogP contribution >= 0.6 is 0 Å². The van der Waals surface area contributed by atoms with E-state index < -0.39 is 0 Å². The van der Waals surface area contributed by atoms with Crippen molar-refractivity contribution >= 4 is 0 Å². The second-order valence-electron chi connectivity index (χ2n) is 3.40. The van der Waals surface area contributed by atoms with Crippen molar-refractivity contribution in [2.45, 2.75) is 32.6 Å². The van der Waals surface area contributed by atoms with Gasteiger partial charge in [0, 0.05) is 6.42 Å². The second kappa shape index (κ2) is 2.93. The van der Waals surface area contributed by atoms with E-state index in [0.29, 0.717) is 6.42 Å². The summed E-state index contributed by atoms with van der Waals surface area (Å²) in [7, 11) is 0. The zero-order chi connectivity index (χ0) is 8.32. The fraction of sp³-hybridized carbons (Fsp3) is 0.778. The van der Waals surface area contributed by atoms with Crippen molar-refractivity contribution < 1.29 is 0 Å². The zero-order valence-electron chi connectivity index (χ0n) is 6.80. The summed E-state index contributed by atoms with van der Waals surface area (Å²) in [6.07, 6.45) is 3.88. The largest absolute Gasteiger partial charge is 0.198 e. The molecule has 1 atom stereocenters. The maximum atomic E-state index is 8.70. The van der Waals surface area contributed by atoms with Crippen molar-refractivity contribution in [2.24, 2.45) is 11.3 Å². The van der Waals surface area contributed by atoms with E-state index in [1.807, 2.05) is 6.92 Å². The van der Waals surface area contributed by atoms with Crippen LogP contribution in [0.3, 0.4) is 0 Å². The zero-order valence-corrected chi connectivity index (χ0v) is 6.80. The molecule has 0 spiro atoms. The molecule has 1 aliphatic rings. The summed E-state index contributed by atoms with van der Waals surface area (Å²) in [5, 5.41) is 17.3. The molecular weight excluding hydrogens is 136 g/mol. The number of rotatable bonds is 2. The van der Waals surface area contributed by atoms with Gasteiger partial charge in [-0.3, -0.25) is 0 Å². The first kappa shape index (κ1) is 8.08. The van der Waals surface area contributed by atoms with Gasteiger partial charge < -0.3 is 0 Å². The fourth-order valence-electron chi connectivity index (χ4n) is 1.69. The van der Waals surface area contributed by atoms with Gasteiger partial charge in [0.05, 0.1) is 18.1 Å². The summed E-state index contributed by atoms with van der Waals surface area (Å²) >= 11 is 0. The second-order valence-corrected chi connectivity index (χ2v) is 3.40. The molecule has 1 fully saturated rings. The van der Waals surface area contributed by atoms with Crippen molar-refractivity contribution in [3.63, 3.8) is 0 Å². The van der Waals surface area contributed by atoms with Crippen molar-refractivity contribution in [2.75, 3.05) is 0 Å². The van der Waals surface area contributed by atoms with Gasteiger partial charge in [-0.05, 0) is 25.2 Å². The van der Waals surface area contributed by atoms with E-state index in [2.05, 4.69) is 12.1 Å². The molecule has 11 heavy (non-hydrogen) atoms. The molecule has 1 saturated carbocycles. The van der Waals surface area contributed by atoms with Crippen LogP contribution in [0.1, 0.15) is 32.6 Å². The van der Waals surface area contributed by atoms with Crippen molar-refractivity contribution in [3.8, 4) is 12.1 Å². The maximum Gasteiger partial charge on any atom is 0.0659 e. The molecule has 1 unspecified atom stereocenters. The standard InChI is InChI=1S/C9H12N2/c1-8(7-11)9(5-6-10)3-2-4-9/h8H,2-5H2,1H3. The van der Waals surface area contributed by atoms with E-state index in [4.69, 9.17) is 10.5 Å². The third-order valence-corrected chi connectivity index (χ3v) is 2.89. The summed E-state index contributed by atoms with van der Waals surface area (Å²) in [6, 6.07) is 4.42. The Labute approximate surface area is 67.4 Å². The highest BCUT2D eigenvalue weighted by Gasteiger charge is 2.41. The summed E-state index contributed by atoms with van der Waals surface area (Å²) in [6.45, 7) is 1.93. The molecule has 0 N–H and O–H groups in total. The minimum absolute atomic E-state index is 0.0518. The lowest BCUT2D eigenvalue weighted by Crippen LogP contribution is -2.34. The quantitative estimate of drug-likeness (QED) is 0.602. The summed E-state index contributed by atoms with van der Waals surface area (Å²) in [5.41, 5.74) is 0.0590. The average molecular weight is 148 g/mol. The van der Waals surface area contributed by atoms with Gasteiger partial charge >= 0.3 is 0 Å². The van der Waals surface area contributed by atoms with E-state index in [0.717, 1.165) is 12.8 Å². The summed E-state index contributed by atoms with van der Waals surface area (Å²) in [4.78, 5) is 0. The van der Waals surface area contributed by atoms with Crippen LogP contribution in [-0.4, -0.2) is 0 Å². The highest BCUT2D eigenvalue weighted by atomic mass is 14.5. The average Bonchev–Trinajstić information content (AvgIpc) is 1.95. The Kier molecular flexibility index (Phi) is 2.15. The molecule has 0 heterocycles. The Balaban J connectivity index is 2.63. The summed E-state index contributed by atoms with van der Waals surface area (Å²) < 4.78 is 0. The van der Waals surface area contributed by atoms with Crippen LogP contribution in [-0.2, 0) is 0 Å². The Hall–Kier alpha value is -1.02. The SMILES string of the molecule is CC(C#N)C1(CC#N)CCC1. The van der Waals surface area contributed by atoms with Crippen LogP contribution in [0.5, 0.6) is 0 Å². The Morgan fingerprint density at radius 1 is 1.45 bits per heavy atom. The number of hydrogen-bond donors (Lipinski definition) is 0. The first-order valence-electron chi connectivity index (χ1n) is 4.02. The molecule has 0 aromatic heterocycles. The lowest BCUT2D eigenvalue weighted by Gasteiger charge is -2.42. The van der Waals surface area contributed by atoms with Gasteiger partial charge in [0.1, 0.15) is 0 Å². The van der Waals surface area contributed by atoms with E-state index in [9.17, 15) is 0 Å². The normalized spacial score (nSPS) is 22.5. The number of nitrogens with zero attached hydrogens (tertiary/aromatic N) is 2. The molecule has 1 rings (SSSR count). The maximum absolute atomic E-state index is 8.70. The van der Waals surface area contributed by atoms with Gasteiger partial charge in [-0.2, -0.15) is 10.5 Å². The fourth-order valence-corrected chi connectivity index (χ4v) is 1.69. The summed E-state index contributed by atoms with van der Waals surface area (Å²) in [5.74, 6) is 0.0518. The smallest absolute Gasteiger partial charge is 0.0659 e. The third-order valence-electron chi connectivity index (χ3n) is 2.89. The molecule has 2 nitrogen and oxygen atoms in total. The Morgan fingerprint density at radius 2 is 2.09 bits per heavy atom. The molecule has 0 bridgehead atoms. The van der Waals surface area contributed by atoms with Crippen LogP contribution in [0.2, 0.25) is 0 Å². The topological polar surface area (TPSA) is 47.6 Å². The molecule has 0 aromatic carbocycles. The predicted octanol–water partition coefficient (Wildman–Crippen LogP) is 2.23. The van der Waals surface area contributed by atoms with Gasteiger partial charge in [-0.25, -0.2) is 0 Å². The van der Waals surface area contributed by atoms with Crippen LogP contribution in [0.15, 0.2) is 0 Å².